The maximum atomic E-state index is 3.48. The van der Waals surface area contributed by atoms with Crippen LogP contribution in [0.15, 0.2) is 0 Å². The molecular formula is C8H17N. The van der Waals surface area contributed by atoms with Crippen LogP contribution >= 0.6 is 0 Å². The highest BCUT2D eigenvalue weighted by molar-refractivity contribution is 4.75. The summed E-state index contributed by atoms with van der Waals surface area (Å²) in [7, 11) is 0. The van der Waals surface area contributed by atoms with Crippen LogP contribution in [0.3, 0.4) is 0 Å². The standard InChI is InChI=1S/C8H17N/c1-3-8-5-4-6-9-7(8)2/h7-9H,3-6H2,1-2H3/t7-,8-/m1/s1. The van der Waals surface area contributed by atoms with Crippen molar-refractivity contribution < 1.29 is 0 Å². The van der Waals surface area contributed by atoms with Gasteiger partial charge in [-0.1, -0.05) is 13.3 Å². The molecule has 0 spiro atoms. The van der Waals surface area contributed by atoms with Crippen molar-refractivity contribution in [3.8, 4) is 0 Å². The second kappa shape index (κ2) is 3.21. The molecule has 1 N–H and O–H groups in total. The molecule has 1 nitrogen and oxygen atoms in total. The molecule has 0 aliphatic carbocycles. The third kappa shape index (κ3) is 1.68. The Morgan fingerprint density at radius 1 is 1.56 bits per heavy atom. The molecule has 1 aliphatic heterocycles. The molecule has 2 atom stereocenters. The van der Waals surface area contributed by atoms with Crippen LogP contribution in [-0.2, 0) is 0 Å². The van der Waals surface area contributed by atoms with E-state index in [-0.39, 0.29) is 0 Å². The molecule has 0 aromatic carbocycles. The zero-order chi connectivity index (χ0) is 6.69. The van der Waals surface area contributed by atoms with E-state index in [9.17, 15) is 0 Å². The van der Waals surface area contributed by atoms with E-state index in [1.54, 1.807) is 0 Å². The molecule has 0 aromatic rings. The first kappa shape index (κ1) is 7.07. The second-order valence-corrected chi connectivity index (χ2v) is 3.05. The Kier molecular flexibility index (Phi) is 2.52. The van der Waals surface area contributed by atoms with Crippen molar-refractivity contribution in [2.45, 2.75) is 39.2 Å². The number of nitrogens with one attached hydrogen (secondary N) is 1. The van der Waals surface area contributed by atoms with E-state index in [0.717, 1.165) is 12.0 Å². The van der Waals surface area contributed by atoms with Crippen molar-refractivity contribution in [3.63, 3.8) is 0 Å². The third-order valence-electron chi connectivity index (χ3n) is 2.45. The molecule has 0 amide bonds. The van der Waals surface area contributed by atoms with Gasteiger partial charge in [0, 0.05) is 6.04 Å². The van der Waals surface area contributed by atoms with Gasteiger partial charge in [0.25, 0.3) is 0 Å². The average Bonchev–Trinajstić information content (AvgIpc) is 1.89. The highest BCUT2D eigenvalue weighted by atomic mass is 14.9. The molecule has 1 heterocycles. The van der Waals surface area contributed by atoms with E-state index in [4.69, 9.17) is 0 Å². The van der Waals surface area contributed by atoms with Crippen LogP contribution in [0, 0.1) is 5.92 Å². The molecule has 0 unspecified atom stereocenters. The van der Waals surface area contributed by atoms with Gasteiger partial charge in [-0.05, 0) is 32.2 Å². The van der Waals surface area contributed by atoms with Crippen molar-refractivity contribution in [2.24, 2.45) is 5.92 Å². The lowest BCUT2D eigenvalue weighted by Crippen LogP contribution is -2.38. The summed E-state index contributed by atoms with van der Waals surface area (Å²) in [6.07, 6.45) is 4.15. The fourth-order valence-corrected chi connectivity index (χ4v) is 1.67. The van der Waals surface area contributed by atoms with Crippen LogP contribution in [-0.4, -0.2) is 12.6 Å². The monoisotopic (exact) mass is 127 g/mol. The normalized spacial score (nSPS) is 36.7. The van der Waals surface area contributed by atoms with E-state index >= 15 is 0 Å². The predicted octanol–water partition coefficient (Wildman–Crippen LogP) is 1.78. The number of rotatable bonds is 1. The maximum absolute atomic E-state index is 3.48. The Morgan fingerprint density at radius 2 is 2.33 bits per heavy atom. The van der Waals surface area contributed by atoms with Gasteiger partial charge in [0.15, 0.2) is 0 Å². The molecule has 54 valence electrons. The Hall–Kier alpha value is -0.0400. The molecule has 0 aromatic heterocycles. The van der Waals surface area contributed by atoms with Crippen molar-refractivity contribution in [2.75, 3.05) is 6.54 Å². The van der Waals surface area contributed by atoms with Crippen molar-refractivity contribution in [3.05, 3.63) is 0 Å². The minimum atomic E-state index is 0.767. The van der Waals surface area contributed by atoms with Gasteiger partial charge in [-0.25, -0.2) is 0 Å². The molecule has 1 heteroatoms. The molecule has 1 rings (SSSR count). The van der Waals surface area contributed by atoms with Crippen molar-refractivity contribution >= 4 is 0 Å². The SMILES string of the molecule is CC[C@@H]1CCCN[C@@H]1C. The second-order valence-electron chi connectivity index (χ2n) is 3.05. The van der Waals surface area contributed by atoms with Crippen LogP contribution in [0.4, 0.5) is 0 Å². The zero-order valence-corrected chi connectivity index (χ0v) is 6.48. The van der Waals surface area contributed by atoms with Gasteiger partial charge in [-0.15, -0.1) is 0 Å². The van der Waals surface area contributed by atoms with E-state index in [2.05, 4.69) is 19.2 Å². The first-order valence-electron chi connectivity index (χ1n) is 4.08. The minimum Gasteiger partial charge on any atom is -0.314 e. The van der Waals surface area contributed by atoms with Crippen molar-refractivity contribution in [1.82, 2.24) is 5.32 Å². The summed E-state index contributed by atoms with van der Waals surface area (Å²) >= 11 is 0. The minimum absolute atomic E-state index is 0.767. The van der Waals surface area contributed by atoms with Crippen molar-refractivity contribution in [1.29, 1.82) is 0 Å². The molecule has 0 radical (unpaired) electrons. The number of hydrogen-bond donors (Lipinski definition) is 1. The quantitative estimate of drug-likeness (QED) is 0.566. The molecule has 1 saturated heterocycles. The van der Waals surface area contributed by atoms with E-state index in [0.29, 0.717) is 0 Å². The van der Waals surface area contributed by atoms with Crippen LogP contribution in [0.5, 0.6) is 0 Å². The molecule has 1 fully saturated rings. The van der Waals surface area contributed by atoms with Gasteiger partial charge in [0.2, 0.25) is 0 Å². The molecular weight excluding hydrogens is 110 g/mol. The summed E-state index contributed by atoms with van der Waals surface area (Å²) in [5.41, 5.74) is 0. The Bertz CT molecular complexity index is 80.6. The van der Waals surface area contributed by atoms with E-state index in [1.807, 2.05) is 0 Å². The number of piperidine rings is 1. The van der Waals surface area contributed by atoms with Gasteiger partial charge < -0.3 is 5.32 Å². The van der Waals surface area contributed by atoms with Crippen LogP contribution in [0.2, 0.25) is 0 Å². The lowest BCUT2D eigenvalue weighted by Gasteiger charge is -2.28. The van der Waals surface area contributed by atoms with Crippen LogP contribution in [0.25, 0.3) is 0 Å². The fraction of sp³-hybridized carbons (Fsp3) is 1.00. The van der Waals surface area contributed by atoms with Gasteiger partial charge in [-0.2, -0.15) is 0 Å². The summed E-state index contributed by atoms with van der Waals surface area (Å²) < 4.78 is 0. The maximum Gasteiger partial charge on any atom is 0.00669 e. The lowest BCUT2D eigenvalue weighted by molar-refractivity contribution is 0.289. The Balaban J connectivity index is 2.30. The largest absolute Gasteiger partial charge is 0.314 e. The summed E-state index contributed by atoms with van der Waals surface area (Å²) in [6, 6.07) is 0.767. The predicted molar refractivity (Wildman–Crippen MR) is 40.5 cm³/mol. The summed E-state index contributed by atoms with van der Waals surface area (Å²) in [5.74, 6) is 0.943. The number of hydrogen-bond acceptors (Lipinski definition) is 1. The highest BCUT2D eigenvalue weighted by Crippen LogP contribution is 2.18. The van der Waals surface area contributed by atoms with E-state index in [1.165, 1.54) is 25.8 Å². The average molecular weight is 127 g/mol. The molecule has 1 aliphatic rings. The first-order chi connectivity index (χ1) is 4.34. The Morgan fingerprint density at radius 3 is 2.78 bits per heavy atom. The highest BCUT2D eigenvalue weighted by Gasteiger charge is 2.17. The van der Waals surface area contributed by atoms with E-state index < -0.39 is 0 Å². The molecule has 9 heavy (non-hydrogen) atoms. The van der Waals surface area contributed by atoms with Gasteiger partial charge >= 0.3 is 0 Å². The van der Waals surface area contributed by atoms with Gasteiger partial charge in [0.1, 0.15) is 0 Å². The smallest absolute Gasteiger partial charge is 0.00669 e. The Labute approximate surface area is 57.8 Å². The third-order valence-corrected chi connectivity index (χ3v) is 2.45. The topological polar surface area (TPSA) is 12.0 Å². The fourth-order valence-electron chi connectivity index (χ4n) is 1.67. The first-order valence-corrected chi connectivity index (χ1v) is 4.08. The summed E-state index contributed by atoms with van der Waals surface area (Å²) in [6.45, 7) is 5.82. The van der Waals surface area contributed by atoms with Gasteiger partial charge in [0.05, 0.1) is 0 Å². The lowest BCUT2D eigenvalue weighted by atomic mass is 9.90. The molecule has 0 saturated carbocycles. The van der Waals surface area contributed by atoms with Crippen LogP contribution < -0.4 is 5.32 Å². The molecule has 0 bridgehead atoms. The van der Waals surface area contributed by atoms with Crippen LogP contribution in [0.1, 0.15) is 33.1 Å². The van der Waals surface area contributed by atoms with Gasteiger partial charge in [-0.3, -0.25) is 0 Å². The summed E-state index contributed by atoms with van der Waals surface area (Å²) in [4.78, 5) is 0. The summed E-state index contributed by atoms with van der Waals surface area (Å²) in [5, 5.41) is 3.48. The zero-order valence-electron chi connectivity index (χ0n) is 6.48.